The first-order valence-electron chi connectivity index (χ1n) is 12.3. The molecular weight excluding hydrogens is 458 g/mol. The van der Waals surface area contributed by atoms with Gasteiger partial charge in [-0.2, -0.15) is 0 Å². The van der Waals surface area contributed by atoms with Crippen LogP contribution >= 0.6 is 0 Å². The lowest BCUT2D eigenvalue weighted by atomic mass is 10.2. The van der Waals surface area contributed by atoms with Gasteiger partial charge >= 0.3 is 0 Å². The van der Waals surface area contributed by atoms with E-state index in [0.717, 1.165) is 56.2 Å². The van der Waals surface area contributed by atoms with Gasteiger partial charge in [0, 0.05) is 69.8 Å². The van der Waals surface area contributed by atoms with Crippen LogP contribution in [0.3, 0.4) is 0 Å². The standard InChI is InChI=1S/C19H19FN2O.C10H13FN2/c20-17-7-9-18(10-8-17)21-12-14-22(15-13-21)19(23)11-6-16-4-2-1-3-5-16;11-9-1-3-10(4-2-9)13-7-5-12-6-8-13/h1-11H,12-15H2;1-4,12H,5-8H2/b11-6+;. The first-order chi connectivity index (χ1) is 17.6. The molecule has 2 aliphatic rings. The summed E-state index contributed by atoms with van der Waals surface area (Å²) in [6.07, 6.45) is 3.47. The minimum atomic E-state index is -0.228. The molecule has 36 heavy (non-hydrogen) atoms. The van der Waals surface area contributed by atoms with Crippen LogP contribution in [-0.2, 0) is 4.79 Å². The van der Waals surface area contributed by atoms with Crippen molar-refractivity contribution < 1.29 is 13.6 Å². The molecule has 5 nitrogen and oxygen atoms in total. The Balaban J connectivity index is 0.000000197. The lowest BCUT2D eigenvalue weighted by Crippen LogP contribution is -2.48. The minimum absolute atomic E-state index is 0.0348. The molecule has 0 radical (unpaired) electrons. The number of hydrogen-bond donors (Lipinski definition) is 1. The zero-order valence-corrected chi connectivity index (χ0v) is 20.3. The summed E-state index contributed by atoms with van der Waals surface area (Å²) in [5.74, 6) is -0.361. The second-order valence-corrected chi connectivity index (χ2v) is 8.75. The number of hydrogen-bond acceptors (Lipinski definition) is 4. The van der Waals surface area contributed by atoms with Crippen molar-refractivity contribution in [3.8, 4) is 0 Å². The lowest BCUT2D eigenvalue weighted by Gasteiger charge is -2.35. The quantitative estimate of drug-likeness (QED) is 0.550. The van der Waals surface area contributed by atoms with Crippen molar-refractivity contribution in [2.24, 2.45) is 0 Å². The topological polar surface area (TPSA) is 38.8 Å². The molecule has 2 aliphatic heterocycles. The predicted octanol–water partition coefficient (Wildman–Crippen LogP) is 4.42. The average Bonchev–Trinajstić information content (AvgIpc) is 2.94. The summed E-state index contributed by atoms with van der Waals surface area (Å²) >= 11 is 0. The zero-order chi connectivity index (χ0) is 25.2. The molecule has 0 bridgehead atoms. The van der Waals surface area contributed by atoms with E-state index >= 15 is 0 Å². The van der Waals surface area contributed by atoms with Gasteiger partial charge in [-0.05, 0) is 60.2 Å². The number of rotatable bonds is 4. The van der Waals surface area contributed by atoms with Gasteiger partial charge in [-0.3, -0.25) is 4.79 Å². The van der Waals surface area contributed by atoms with Gasteiger partial charge in [0.25, 0.3) is 0 Å². The van der Waals surface area contributed by atoms with Gasteiger partial charge in [-0.15, -0.1) is 0 Å². The molecule has 0 saturated carbocycles. The van der Waals surface area contributed by atoms with Crippen LogP contribution in [0.25, 0.3) is 6.08 Å². The third kappa shape index (κ3) is 7.39. The monoisotopic (exact) mass is 490 g/mol. The summed E-state index contributed by atoms with van der Waals surface area (Å²) in [7, 11) is 0. The number of carbonyl (C=O) groups excluding carboxylic acids is 1. The van der Waals surface area contributed by atoms with E-state index in [-0.39, 0.29) is 17.5 Å². The molecular formula is C29H32F2N4O. The second kappa shape index (κ2) is 12.8. The van der Waals surface area contributed by atoms with E-state index in [2.05, 4.69) is 15.1 Å². The van der Waals surface area contributed by atoms with Crippen molar-refractivity contribution >= 4 is 23.4 Å². The van der Waals surface area contributed by atoms with Crippen LogP contribution in [0, 0.1) is 11.6 Å². The maximum atomic E-state index is 13.0. The number of anilines is 2. The molecule has 0 atom stereocenters. The van der Waals surface area contributed by atoms with E-state index in [0.29, 0.717) is 13.1 Å². The third-order valence-corrected chi connectivity index (χ3v) is 6.31. The molecule has 1 amide bonds. The number of amides is 1. The Labute approximate surface area is 211 Å². The molecule has 0 aliphatic carbocycles. The molecule has 3 aromatic carbocycles. The maximum Gasteiger partial charge on any atom is 0.246 e. The van der Waals surface area contributed by atoms with E-state index in [1.165, 1.54) is 24.3 Å². The summed E-state index contributed by atoms with van der Waals surface area (Å²) in [5.41, 5.74) is 3.13. The third-order valence-electron chi connectivity index (χ3n) is 6.31. The van der Waals surface area contributed by atoms with E-state index in [9.17, 15) is 13.6 Å². The highest BCUT2D eigenvalue weighted by Crippen LogP contribution is 2.17. The van der Waals surface area contributed by atoms with Crippen molar-refractivity contribution in [1.82, 2.24) is 10.2 Å². The normalized spacial score (nSPS) is 16.0. The lowest BCUT2D eigenvalue weighted by molar-refractivity contribution is -0.126. The van der Waals surface area contributed by atoms with Gasteiger partial charge in [0.1, 0.15) is 11.6 Å². The van der Waals surface area contributed by atoms with Gasteiger partial charge in [-0.1, -0.05) is 30.3 Å². The molecule has 3 aromatic rings. The van der Waals surface area contributed by atoms with Crippen molar-refractivity contribution in [2.75, 3.05) is 62.2 Å². The Bertz CT molecular complexity index is 1110. The highest BCUT2D eigenvalue weighted by atomic mass is 19.1. The predicted molar refractivity (Wildman–Crippen MR) is 142 cm³/mol. The fraction of sp³-hybridized carbons (Fsp3) is 0.276. The summed E-state index contributed by atoms with van der Waals surface area (Å²) in [6.45, 7) is 6.91. The Morgan fingerprint density at radius 1 is 0.667 bits per heavy atom. The molecule has 2 saturated heterocycles. The number of benzene rings is 3. The van der Waals surface area contributed by atoms with E-state index < -0.39 is 0 Å². The Hall–Kier alpha value is -3.71. The molecule has 0 unspecified atom stereocenters. The number of piperazine rings is 2. The van der Waals surface area contributed by atoms with Crippen molar-refractivity contribution in [3.63, 3.8) is 0 Å². The molecule has 2 heterocycles. The Morgan fingerprint density at radius 2 is 1.17 bits per heavy atom. The number of carbonyl (C=O) groups is 1. The largest absolute Gasteiger partial charge is 0.369 e. The highest BCUT2D eigenvalue weighted by Gasteiger charge is 2.19. The average molecular weight is 491 g/mol. The van der Waals surface area contributed by atoms with Gasteiger partial charge in [0.2, 0.25) is 5.91 Å². The van der Waals surface area contributed by atoms with Crippen LogP contribution in [0.5, 0.6) is 0 Å². The van der Waals surface area contributed by atoms with Gasteiger partial charge in [0.05, 0.1) is 0 Å². The van der Waals surface area contributed by atoms with Crippen molar-refractivity contribution in [3.05, 3.63) is 102 Å². The molecule has 0 spiro atoms. The molecule has 2 fully saturated rings. The van der Waals surface area contributed by atoms with Crippen LogP contribution in [0.4, 0.5) is 20.2 Å². The number of halogens is 2. The summed E-state index contributed by atoms with van der Waals surface area (Å²) in [5, 5.41) is 3.28. The van der Waals surface area contributed by atoms with Gasteiger partial charge in [-0.25, -0.2) is 8.78 Å². The zero-order valence-electron chi connectivity index (χ0n) is 20.3. The van der Waals surface area contributed by atoms with Crippen LogP contribution < -0.4 is 15.1 Å². The number of nitrogens with zero attached hydrogens (tertiary/aromatic N) is 3. The van der Waals surface area contributed by atoms with Crippen LogP contribution in [0.15, 0.2) is 84.9 Å². The van der Waals surface area contributed by atoms with Gasteiger partial charge in [0.15, 0.2) is 0 Å². The fourth-order valence-electron chi connectivity index (χ4n) is 4.25. The Kier molecular flexibility index (Phi) is 9.05. The van der Waals surface area contributed by atoms with Crippen LogP contribution in [-0.4, -0.2) is 63.2 Å². The van der Waals surface area contributed by atoms with E-state index in [1.807, 2.05) is 53.4 Å². The molecule has 7 heteroatoms. The molecule has 0 aromatic heterocycles. The van der Waals surface area contributed by atoms with Crippen molar-refractivity contribution in [1.29, 1.82) is 0 Å². The molecule has 188 valence electrons. The minimum Gasteiger partial charge on any atom is -0.369 e. The first-order valence-corrected chi connectivity index (χ1v) is 12.3. The summed E-state index contributed by atoms with van der Waals surface area (Å²) in [4.78, 5) is 18.5. The number of nitrogens with one attached hydrogen (secondary N) is 1. The van der Waals surface area contributed by atoms with E-state index in [4.69, 9.17) is 0 Å². The van der Waals surface area contributed by atoms with Crippen LogP contribution in [0.1, 0.15) is 5.56 Å². The van der Waals surface area contributed by atoms with Gasteiger partial charge < -0.3 is 20.0 Å². The first kappa shape index (κ1) is 25.4. The Morgan fingerprint density at radius 3 is 1.69 bits per heavy atom. The maximum absolute atomic E-state index is 13.0. The molecule has 5 rings (SSSR count). The van der Waals surface area contributed by atoms with E-state index in [1.54, 1.807) is 18.2 Å². The SMILES string of the molecule is Fc1ccc(N2CCNCC2)cc1.O=C(/C=C/c1ccccc1)N1CCN(c2ccc(F)cc2)CC1. The summed E-state index contributed by atoms with van der Waals surface area (Å²) < 4.78 is 25.6. The fourth-order valence-corrected chi connectivity index (χ4v) is 4.25. The van der Waals surface area contributed by atoms with Crippen molar-refractivity contribution in [2.45, 2.75) is 0 Å². The smallest absolute Gasteiger partial charge is 0.246 e. The second-order valence-electron chi connectivity index (χ2n) is 8.75. The molecule has 1 N–H and O–H groups in total. The summed E-state index contributed by atoms with van der Waals surface area (Å²) in [6, 6.07) is 23.0. The highest BCUT2D eigenvalue weighted by molar-refractivity contribution is 5.92. The van der Waals surface area contributed by atoms with Crippen LogP contribution in [0.2, 0.25) is 0 Å².